The van der Waals surface area contributed by atoms with E-state index in [2.05, 4.69) is 10.1 Å². The van der Waals surface area contributed by atoms with Crippen LogP contribution in [0, 0.1) is 5.82 Å². The maximum atomic E-state index is 14.9. The van der Waals surface area contributed by atoms with Gasteiger partial charge in [0.1, 0.15) is 11.4 Å². The Morgan fingerprint density at radius 2 is 1.97 bits per heavy atom. The van der Waals surface area contributed by atoms with Crippen LogP contribution in [0.25, 0.3) is 11.1 Å². The fraction of sp³-hybridized carbons (Fsp3) is 0.370. The van der Waals surface area contributed by atoms with Gasteiger partial charge in [0.05, 0.1) is 18.9 Å². The van der Waals surface area contributed by atoms with Crippen molar-refractivity contribution in [3.8, 4) is 11.1 Å². The number of aliphatic hydroxyl groups excluding tert-OH is 1. The van der Waals surface area contributed by atoms with Gasteiger partial charge in [-0.05, 0) is 38.0 Å². The van der Waals surface area contributed by atoms with E-state index in [1.807, 2.05) is 43.3 Å². The van der Waals surface area contributed by atoms with E-state index >= 15 is 0 Å². The van der Waals surface area contributed by atoms with Gasteiger partial charge < -0.3 is 24.0 Å². The molecule has 2 unspecified atom stereocenters. The van der Waals surface area contributed by atoms with Crippen molar-refractivity contribution in [1.82, 2.24) is 10.1 Å². The Morgan fingerprint density at radius 3 is 2.64 bits per heavy atom. The van der Waals surface area contributed by atoms with E-state index in [4.69, 9.17) is 14.0 Å². The highest BCUT2D eigenvalue weighted by atomic mass is 19.1. The molecule has 190 valence electrons. The topological polar surface area (TPSA) is 97.4 Å². The third-order valence-electron chi connectivity index (χ3n) is 5.71. The van der Waals surface area contributed by atoms with Crippen molar-refractivity contribution >= 4 is 17.7 Å². The Bertz CT molecular complexity index is 1240. The van der Waals surface area contributed by atoms with E-state index < -0.39 is 17.8 Å². The lowest BCUT2D eigenvalue weighted by molar-refractivity contribution is -0.149. The van der Waals surface area contributed by atoms with Crippen LogP contribution in [0.3, 0.4) is 0 Å². The number of rotatable bonds is 4. The molecule has 0 radical (unpaired) electrons. The number of aliphatic hydroxyl groups is 1. The van der Waals surface area contributed by atoms with Crippen molar-refractivity contribution in [2.45, 2.75) is 45.4 Å². The van der Waals surface area contributed by atoms with Crippen LogP contribution >= 0.6 is 0 Å². The van der Waals surface area contributed by atoms with Gasteiger partial charge in [-0.3, -0.25) is 0 Å². The van der Waals surface area contributed by atoms with Crippen LogP contribution in [0.2, 0.25) is 0 Å². The number of morpholine rings is 1. The van der Waals surface area contributed by atoms with Crippen molar-refractivity contribution in [2.75, 3.05) is 19.8 Å². The molecule has 0 saturated carbocycles. The van der Waals surface area contributed by atoms with Gasteiger partial charge in [-0.15, -0.1) is 0 Å². The summed E-state index contributed by atoms with van der Waals surface area (Å²) in [6.07, 6.45) is -1.06. The zero-order chi connectivity index (χ0) is 25.9. The number of ether oxygens (including phenoxy) is 2. The summed E-state index contributed by atoms with van der Waals surface area (Å²) in [6.45, 7) is 7.72. The van der Waals surface area contributed by atoms with Gasteiger partial charge in [0.15, 0.2) is 6.23 Å². The van der Waals surface area contributed by atoms with Crippen molar-refractivity contribution < 1.29 is 28.3 Å². The first-order chi connectivity index (χ1) is 17.1. The van der Waals surface area contributed by atoms with E-state index in [0.717, 1.165) is 5.56 Å². The van der Waals surface area contributed by atoms with Crippen LogP contribution in [0.4, 0.5) is 10.3 Å². The van der Waals surface area contributed by atoms with E-state index in [9.17, 15) is 14.3 Å². The van der Waals surface area contributed by atoms with Crippen LogP contribution in [0.1, 0.15) is 44.9 Å². The minimum atomic E-state index is -1.06. The smallest absolute Gasteiger partial charge is 0.374 e. The molecule has 3 aromatic rings. The molecule has 1 aliphatic rings. The largest absolute Gasteiger partial charge is 0.454 e. The van der Waals surface area contributed by atoms with Gasteiger partial charge in [-0.1, -0.05) is 54.5 Å². The summed E-state index contributed by atoms with van der Waals surface area (Å²) in [5.41, 5.74) is 1.79. The molecule has 0 bridgehead atoms. The maximum Gasteiger partial charge on any atom is 0.374 e. The first-order valence-electron chi connectivity index (χ1n) is 11.8. The third-order valence-corrected chi connectivity index (χ3v) is 5.71. The highest BCUT2D eigenvalue weighted by molar-refractivity contribution is 6.35. The molecule has 1 N–H and O–H groups in total. The number of hydrogen-bond donors (Lipinski definition) is 1. The quantitative estimate of drug-likeness (QED) is 0.320. The van der Waals surface area contributed by atoms with Crippen molar-refractivity contribution in [3.63, 3.8) is 0 Å². The van der Waals surface area contributed by atoms with Crippen LogP contribution in [0.5, 0.6) is 0 Å². The van der Waals surface area contributed by atoms with Crippen LogP contribution in [0.15, 0.2) is 64.1 Å². The summed E-state index contributed by atoms with van der Waals surface area (Å²) in [7, 11) is 0. The van der Waals surface area contributed by atoms with Gasteiger partial charge in [0, 0.05) is 24.1 Å². The molecule has 8 nitrogen and oxygen atoms in total. The lowest BCUT2D eigenvalue weighted by Gasteiger charge is -2.34. The number of amidine groups is 1. The van der Waals surface area contributed by atoms with E-state index in [1.165, 1.54) is 11.0 Å². The van der Waals surface area contributed by atoms with Crippen LogP contribution in [-0.2, 0) is 14.3 Å². The molecule has 2 atom stereocenters. The van der Waals surface area contributed by atoms with Crippen molar-refractivity contribution in [1.29, 1.82) is 0 Å². The number of esters is 1. The summed E-state index contributed by atoms with van der Waals surface area (Å²) >= 11 is 0. The molecule has 0 aliphatic carbocycles. The van der Waals surface area contributed by atoms with E-state index in [0.29, 0.717) is 23.4 Å². The number of aliphatic imine (C=N–C) groups is 1. The Labute approximate surface area is 209 Å². The highest BCUT2D eigenvalue weighted by Gasteiger charge is 2.32. The maximum absolute atomic E-state index is 14.9. The Kier molecular flexibility index (Phi) is 7.51. The molecule has 2 heterocycles. The number of nitrogens with zero attached hydrogens (tertiary/aromatic N) is 3. The summed E-state index contributed by atoms with van der Waals surface area (Å²) in [4.78, 5) is 18.7. The Balaban J connectivity index is 1.60. The molecule has 1 fully saturated rings. The molecule has 1 aliphatic heterocycles. The van der Waals surface area contributed by atoms with Gasteiger partial charge >= 0.3 is 5.97 Å². The zero-order valence-electron chi connectivity index (χ0n) is 20.8. The van der Waals surface area contributed by atoms with Gasteiger partial charge in [-0.2, -0.15) is 4.99 Å². The number of benzene rings is 2. The second-order valence-electron chi connectivity index (χ2n) is 9.60. The number of aromatic nitrogens is 1. The predicted octanol–water partition coefficient (Wildman–Crippen LogP) is 4.65. The normalized spacial score (nSPS) is 17.7. The highest BCUT2D eigenvalue weighted by Crippen LogP contribution is 2.31. The second kappa shape index (κ2) is 10.6. The SMILES string of the molecule is CC(c1ccc(-c2ccccc2)c(F)c1)c1cc(N=C(C(=O)OC(C)(C)C)N2CCOCC2O)on1. The molecular formula is C27H30FN3O5. The fourth-order valence-electron chi connectivity index (χ4n) is 3.85. The fourth-order valence-corrected chi connectivity index (χ4v) is 3.85. The minimum Gasteiger partial charge on any atom is -0.454 e. The molecule has 9 heteroatoms. The molecule has 1 saturated heterocycles. The lowest BCUT2D eigenvalue weighted by atomic mass is 9.95. The summed E-state index contributed by atoms with van der Waals surface area (Å²) in [6, 6.07) is 16.0. The zero-order valence-corrected chi connectivity index (χ0v) is 20.8. The van der Waals surface area contributed by atoms with Crippen LogP contribution < -0.4 is 0 Å². The van der Waals surface area contributed by atoms with Crippen molar-refractivity contribution in [3.05, 3.63) is 71.7 Å². The summed E-state index contributed by atoms with van der Waals surface area (Å²) < 4.78 is 31.0. The Morgan fingerprint density at radius 1 is 1.22 bits per heavy atom. The molecule has 1 aromatic heterocycles. The number of carbonyl (C=O) groups is 1. The van der Waals surface area contributed by atoms with Crippen molar-refractivity contribution in [2.24, 2.45) is 4.99 Å². The van der Waals surface area contributed by atoms with Gasteiger partial charge in [-0.25, -0.2) is 9.18 Å². The molecule has 0 spiro atoms. The monoisotopic (exact) mass is 495 g/mol. The molecule has 2 aromatic carbocycles. The van der Waals surface area contributed by atoms with E-state index in [1.54, 1.807) is 32.9 Å². The first-order valence-corrected chi connectivity index (χ1v) is 11.8. The number of hydrogen-bond acceptors (Lipinski definition) is 7. The molecule has 36 heavy (non-hydrogen) atoms. The third kappa shape index (κ3) is 5.98. The predicted molar refractivity (Wildman–Crippen MR) is 132 cm³/mol. The molecule has 4 rings (SSSR count). The Hall–Kier alpha value is -3.56. The van der Waals surface area contributed by atoms with Crippen LogP contribution in [-0.4, -0.2) is 58.6 Å². The standard InChI is InChI=1S/C27H30FN3O5/c1-17(19-10-11-20(21(28)14-19)18-8-6-5-7-9-18)22-15-23(36-30-22)29-25(26(33)35-27(2,3)4)31-12-13-34-16-24(31)32/h5-11,14-15,17,24,32H,12-13,16H2,1-4H3. The average Bonchev–Trinajstić information content (AvgIpc) is 3.31. The molecule has 0 amide bonds. The first kappa shape index (κ1) is 25.5. The lowest BCUT2D eigenvalue weighted by Crippen LogP contribution is -2.52. The van der Waals surface area contributed by atoms with E-state index in [-0.39, 0.29) is 36.6 Å². The van der Waals surface area contributed by atoms with Gasteiger partial charge in [0.2, 0.25) is 5.84 Å². The number of halogens is 1. The summed E-state index contributed by atoms with van der Waals surface area (Å²) in [5, 5.41) is 14.5. The second-order valence-corrected chi connectivity index (χ2v) is 9.60. The molecular weight excluding hydrogens is 465 g/mol. The average molecular weight is 496 g/mol. The van der Waals surface area contributed by atoms with Gasteiger partial charge in [0.25, 0.3) is 5.88 Å². The number of carbonyl (C=O) groups excluding carboxylic acids is 1. The minimum absolute atomic E-state index is 0.0328. The summed E-state index contributed by atoms with van der Waals surface area (Å²) in [5.74, 6) is -1.36.